The number of nitrogens with zero attached hydrogens (tertiary/aromatic N) is 1. The van der Waals surface area contributed by atoms with Crippen LogP contribution in [-0.4, -0.2) is 51.6 Å². The van der Waals surface area contributed by atoms with Crippen LogP contribution in [0, 0.1) is 0 Å². The van der Waals surface area contributed by atoms with E-state index in [2.05, 4.69) is 6.58 Å². The zero-order valence-electron chi connectivity index (χ0n) is 10.1. The van der Waals surface area contributed by atoms with Gasteiger partial charge in [-0.1, -0.05) is 6.58 Å². The highest BCUT2D eigenvalue weighted by Gasteiger charge is 1.95. The van der Waals surface area contributed by atoms with E-state index in [9.17, 15) is 4.79 Å². The van der Waals surface area contributed by atoms with E-state index in [1.54, 1.807) is 5.06 Å². The van der Waals surface area contributed by atoms with Crippen molar-refractivity contribution in [2.45, 2.75) is 12.8 Å². The van der Waals surface area contributed by atoms with Gasteiger partial charge in [-0.25, -0.2) is 4.79 Å². The molecule has 0 radical (unpaired) electrons. The van der Waals surface area contributed by atoms with Gasteiger partial charge in [0, 0.05) is 39.8 Å². The second-order valence-electron chi connectivity index (χ2n) is 3.34. The zero-order chi connectivity index (χ0) is 12.2. The molecule has 0 spiro atoms. The fourth-order valence-electron chi connectivity index (χ4n) is 0.903. The van der Waals surface area contributed by atoms with Gasteiger partial charge in [0.05, 0.1) is 13.2 Å². The molecule has 0 saturated carbocycles. The summed E-state index contributed by atoms with van der Waals surface area (Å²) in [7, 11) is 3.68. The maximum absolute atomic E-state index is 10.6. The quantitative estimate of drug-likeness (QED) is 0.243. The number of carbonyl (C=O) groups is 1. The van der Waals surface area contributed by atoms with Gasteiger partial charge in [0.1, 0.15) is 0 Å². The monoisotopic (exact) mass is 231 g/mol. The predicted octanol–water partition coefficient (Wildman–Crippen LogP) is 1.01. The van der Waals surface area contributed by atoms with Gasteiger partial charge in [0.2, 0.25) is 0 Å². The summed E-state index contributed by atoms with van der Waals surface area (Å²) in [5, 5.41) is 1.66. The highest BCUT2D eigenvalue weighted by atomic mass is 16.7. The zero-order valence-corrected chi connectivity index (χ0v) is 10.1. The topological polar surface area (TPSA) is 48.0 Å². The van der Waals surface area contributed by atoms with E-state index in [0.717, 1.165) is 12.5 Å². The lowest BCUT2D eigenvalue weighted by Crippen LogP contribution is -2.14. The summed E-state index contributed by atoms with van der Waals surface area (Å²) >= 11 is 0. The number of esters is 1. The fraction of sp³-hybridized carbons (Fsp3) is 0.727. The fourth-order valence-corrected chi connectivity index (χ4v) is 0.903. The molecule has 0 aliphatic heterocycles. The number of rotatable bonds is 10. The summed E-state index contributed by atoms with van der Waals surface area (Å²) in [4.78, 5) is 15.8. The molecule has 0 aromatic rings. The van der Waals surface area contributed by atoms with E-state index in [0.29, 0.717) is 32.8 Å². The second-order valence-corrected chi connectivity index (χ2v) is 3.34. The summed E-state index contributed by atoms with van der Waals surface area (Å²) in [5.41, 5.74) is 0. The Labute approximate surface area is 96.9 Å². The Balaban J connectivity index is 3.04. The van der Waals surface area contributed by atoms with Gasteiger partial charge in [-0.3, -0.25) is 4.84 Å². The Kier molecular flexibility index (Phi) is 10.00. The third kappa shape index (κ3) is 11.2. The van der Waals surface area contributed by atoms with Crippen LogP contribution in [0.5, 0.6) is 0 Å². The van der Waals surface area contributed by atoms with Crippen molar-refractivity contribution in [3.8, 4) is 0 Å². The summed E-state index contributed by atoms with van der Waals surface area (Å²) in [6.45, 7) is 5.57. The molecule has 0 atom stereocenters. The van der Waals surface area contributed by atoms with Crippen molar-refractivity contribution in [2.24, 2.45) is 0 Å². The smallest absolute Gasteiger partial charge is 0.330 e. The van der Waals surface area contributed by atoms with Crippen LogP contribution in [0.3, 0.4) is 0 Å². The predicted molar refractivity (Wildman–Crippen MR) is 60.8 cm³/mol. The minimum absolute atomic E-state index is 0.374. The maximum Gasteiger partial charge on any atom is 0.330 e. The lowest BCUT2D eigenvalue weighted by molar-refractivity contribution is -0.138. The number of hydrogen-bond donors (Lipinski definition) is 0. The van der Waals surface area contributed by atoms with Crippen LogP contribution in [0.25, 0.3) is 0 Å². The molecular weight excluding hydrogens is 210 g/mol. The molecule has 94 valence electrons. The van der Waals surface area contributed by atoms with E-state index >= 15 is 0 Å². The van der Waals surface area contributed by atoms with Crippen molar-refractivity contribution < 1.29 is 19.1 Å². The van der Waals surface area contributed by atoms with Gasteiger partial charge in [0.15, 0.2) is 0 Å². The molecule has 16 heavy (non-hydrogen) atoms. The number of carbonyl (C=O) groups excluding carboxylic acids is 1. The van der Waals surface area contributed by atoms with Crippen LogP contribution in [0.2, 0.25) is 0 Å². The SMILES string of the molecule is C=CC(=O)OCCCOCCCON(C)C. The Morgan fingerprint density at radius 1 is 1.19 bits per heavy atom. The van der Waals surface area contributed by atoms with E-state index in [1.807, 2.05) is 14.1 Å². The molecule has 5 heteroatoms. The first-order valence-electron chi connectivity index (χ1n) is 5.34. The van der Waals surface area contributed by atoms with Crippen molar-refractivity contribution in [3.63, 3.8) is 0 Å². The van der Waals surface area contributed by atoms with Crippen molar-refractivity contribution >= 4 is 5.97 Å². The summed E-state index contributed by atoms with van der Waals surface area (Å²) in [5.74, 6) is -0.389. The van der Waals surface area contributed by atoms with Crippen LogP contribution in [0.1, 0.15) is 12.8 Å². The maximum atomic E-state index is 10.6. The number of ether oxygens (including phenoxy) is 2. The molecule has 0 unspecified atom stereocenters. The molecule has 0 N–H and O–H groups in total. The lowest BCUT2D eigenvalue weighted by atomic mass is 10.4. The van der Waals surface area contributed by atoms with Crippen LogP contribution in [0.15, 0.2) is 12.7 Å². The summed E-state index contributed by atoms with van der Waals surface area (Å²) < 4.78 is 10.1. The van der Waals surface area contributed by atoms with E-state index in [4.69, 9.17) is 14.3 Å². The largest absolute Gasteiger partial charge is 0.462 e. The molecule has 0 aliphatic rings. The van der Waals surface area contributed by atoms with Crippen molar-refractivity contribution in [1.82, 2.24) is 5.06 Å². The second kappa shape index (κ2) is 10.6. The van der Waals surface area contributed by atoms with Gasteiger partial charge in [-0.05, 0) is 6.42 Å². The number of hydrogen-bond acceptors (Lipinski definition) is 5. The molecule has 0 bridgehead atoms. The van der Waals surface area contributed by atoms with Crippen molar-refractivity contribution in [1.29, 1.82) is 0 Å². The van der Waals surface area contributed by atoms with E-state index in [1.165, 1.54) is 0 Å². The first-order valence-corrected chi connectivity index (χ1v) is 5.34. The molecular formula is C11H21NO4. The van der Waals surface area contributed by atoms with Crippen molar-refractivity contribution in [3.05, 3.63) is 12.7 Å². The summed E-state index contributed by atoms with van der Waals surface area (Å²) in [6, 6.07) is 0. The van der Waals surface area contributed by atoms with Crippen LogP contribution in [-0.2, 0) is 19.1 Å². The van der Waals surface area contributed by atoms with Crippen LogP contribution in [0.4, 0.5) is 0 Å². The van der Waals surface area contributed by atoms with Crippen LogP contribution < -0.4 is 0 Å². The van der Waals surface area contributed by atoms with Crippen LogP contribution >= 0.6 is 0 Å². The molecule has 0 saturated heterocycles. The Bertz CT molecular complexity index is 194. The molecule has 0 heterocycles. The molecule has 0 fully saturated rings. The molecule has 0 amide bonds. The van der Waals surface area contributed by atoms with Gasteiger partial charge >= 0.3 is 5.97 Å². The highest BCUT2D eigenvalue weighted by Crippen LogP contribution is 1.90. The van der Waals surface area contributed by atoms with Gasteiger partial charge in [0.25, 0.3) is 0 Å². The molecule has 0 aliphatic carbocycles. The number of hydroxylamine groups is 2. The molecule has 5 nitrogen and oxygen atoms in total. The van der Waals surface area contributed by atoms with Gasteiger partial charge in [-0.15, -0.1) is 0 Å². The van der Waals surface area contributed by atoms with Crippen molar-refractivity contribution in [2.75, 3.05) is 40.5 Å². The Morgan fingerprint density at radius 3 is 2.38 bits per heavy atom. The first-order chi connectivity index (χ1) is 7.66. The first kappa shape index (κ1) is 15.1. The lowest BCUT2D eigenvalue weighted by Gasteiger charge is -2.10. The molecule has 0 aromatic heterocycles. The minimum Gasteiger partial charge on any atom is -0.462 e. The third-order valence-electron chi connectivity index (χ3n) is 1.63. The average molecular weight is 231 g/mol. The van der Waals surface area contributed by atoms with E-state index in [-0.39, 0.29) is 5.97 Å². The normalized spacial score (nSPS) is 10.4. The highest BCUT2D eigenvalue weighted by molar-refractivity contribution is 5.81. The van der Waals surface area contributed by atoms with E-state index < -0.39 is 0 Å². The average Bonchev–Trinajstić information content (AvgIpc) is 2.26. The Hall–Kier alpha value is -0.910. The Morgan fingerprint density at radius 2 is 1.81 bits per heavy atom. The summed E-state index contributed by atoms with van der Waals surface area (Å²) in [6.07, 6.45) is 2.71. The third-order valence-corrected chi connectivity index (χ3v) is 1.63. The van der Waals surface area contributed by atoms with Gasteiger partial charge in [-0.2, -0.15) is 5.06 Å². The standard InChI is InChI=1S/C11H21NO4/c1-4-11(13)15-9-5-7-14-8-6-10-16-12(2)3/h4H,1,5-10H2,2-3H3. The molecule has 0 aromatic carbocycles. The minimum atomic E-state index is -0.389. The van der Waals surface area contributed by atoms with Gasteiger partial charge < -0.3 is 9.47 Å². The molecule has 0 rings (SSSR count).